The highest BCUT2D eigenvalue weighted by Crippen LogP contribution is 2.27. The highest BCUT2D eigenvalue weighted by Gasteiger charge is 2.42. The van der Waals surface area contributed by atoms with Gasteiger partial charge in [0.15, 0.2) is 11.5 Å². The van der Waals surface area contributed by atoms with Crippen LogP contribution in [0, 0.1) is 0 Å². The van der Waals surface area contributed by atoms with Crippen molar-refractivity contribution in [3.8, 4) is 11.5 Å². The number of halogens is 2. The van der Waals surface area contributed by atoms with Gasteiger partial charge in [-0.2, -0.15) is 0 Å². The van der Waals surface area contributed by atoms with Crippen molar-refractivity contribution in [3.05, 3.63) is 24.3 Å². The Balaban J connectivity index is 1.80. The number of ether oxygens (including phenoxy) is 2. The van der Waals surface area contributed by atoms with E-state index in [4.69, 9.17) is 9.47 Å². The Bertz CT molecular complexity index is 525. The summed E-state index contributed by atoms with van der Waals surface area (Å²) in [7, 11) is 1.54. The molecule has 122 valence electrons. The van der Waals surface area contributed by atoms with Crippen LogP contribution in [0.1, 0.15) is 13.3 Å². The van der Waals surface area contributed by atoms with E-state index in [1.54, 1.807) is 26.2 Å². The Hall–Kier alpha value is -1.89. The molecule has 22 heavy (non-hydrogen) atoms. The summed E-state index contributed by atoms with van der Waals surface area (Å²) in [6, 6.07) is 6.31. The first-order valence-electron chi connectivity index (χ1n) is 7.10. The number of amides is 1. The Morgan fingerprint density at radius 1 is 1.45 bits per heavy atom. The minimum absolute atomic E-state index is 0.223. The van der Waals surface area contributed by atoms with Gasteiger partial charge in [0.25, 0.3) is 5.92 Å². The van der Waals surface area contributed by atoms with Crippen molar-refractivity contribution in [2.45, 2.75) is 31.4 Å². The second-order valence-electron chi connectivity index (χ2n) is 5.32. The van der Waals surface area contributed by atoms with E-state index in [1.807, 2.05) is 12.1 Å². The lowest BCUT2D eigenvalue weighted by atomic mass is 10.2. The molecule has 1 fully saturated rings. The molecule has 1 aliphatic heterocycles. The summed E-state index contributed by atoms with van der Waals surface area (Å²) in [6.45, 7) is 1.54. The summed E-state index contributed by atoms with van der Waals surface area (Å²) < 4.78 is 36.9. The van der Waals surface area contributed by atoms with Crippen molar-refractivity contribution in [2.24, 2.45) is 0 Å². The second-order valence-corrected chi connectivity index (χ2v) is 5.32. The minimum atomic E-state index is -2.82. The number of hydrogen-bond acceptors (Lipinski definition) is 4. The Labute approximate surface area is 128 Å². The maximum Gasteiger partial charge on any atom is 0.262 e. The van der Waals surface area contributed by atoms with Gasteiger partial charge >= 0.3 is 0 Å². The maximum absolute atomic E-state index is 13.0. The second kappa shape index (κ2) is 6.91. The molecule has 7 heteroatoms. The molecule has 0 aliphatic carbocycles. The molecule has 5 nitrogen and oxygen atoms in total. The standard InChI is InChI=1S/C15H20F2N2O3/c1-10(22-13-6-4-3-5-12(13)21-2)8-18-14(20)11-7-15(16,17)9-19-11/h3-6,10-11,19H,7-9H2,1-2H3,(H,18,20). The van der Waals surface area contributed by atoms with Crippen LogP contribution in [0.15, 0.2) is 24.3 Å². The number of methoxy groups -OCH3 is 1. The lowest BCUT2D eigenvalue weighted by Gasteiger charge is -2.18. The van der Waals surface area contributed by atoms with Crippen LogP contribution in [0.25, 0.3) is 0 Å². The summed E-state index contributed by atoms with van der Waals surface area (Å²) in [5, 5.41) is 5.13. The first kappa shape index (κ1) is 16.5. The highest BCUT2D eigenvalue weighted by atomic mass is 19.3. The van der Waals surface area contributed by atoms with E-state index < -0.39 is 30.8 Å². The van der Waals surface area contributed by atoms with Crippen LogP contribution in [-0.2, 0) is 4.79 Å². The number of benzene rings is 1. The molecule has 0 saturated carbocycles. The molecule has 1 aromatic carbocycles. The number of carbonyl (C=O) groups excluding carboxylic acids is 1. The van der Waals surface area contributed by atoms with Crippen LogP contribution in [0.4, 0.5) is 8.78 Å². The number of carbonyl (C=O) groups is 1. The van der Waals surface area contributed by atoms with Gasteiger partial charge in [0.05, 0.1) is 26.2 Å². The van der Waals surface area contributed by atoms with E-state index >= 15 is 0 Å². The average Bonchev–Trinajstić information content (AvgIpc) is 2.85. The van der Waals surface area contributed by atoms with Crippen molar-refractivity contribution in [1.29, 1.82) is 0 Å². The summed E-state index contributed by atoms with van der Waals surface area (Å²) in [6.07, 6.45) is -0.789. The van der Waals surface area contributed by atoms with Crippen LogP contribution in [0.2, 0.25) is 0 Å². The molecule has 2 rings (SSSR count). The number of para-hydroxylation sites is 2. The van der Waals surface area contributed by atoms with Crippen LogP contribution in [-0.4, -0.2) is 44.2 Å². The zero-order valence-corrected chi connectivity index (χ0v) is 12.6. The third-order valence-electron chi connectivity index (χ3n) is 3.39. The fourth-order valence-corrected chi connectivity index (χ4v) is 2.24. The molecule has 0 aromatic heterocycles. The van der Waals surface area contributed by atoms with E-state index in [0.717, 1.165) is 0 Å². The zero-order valence-electron chi connectivity index (χ0n) is 12.6. The Morgan fingerprint density at radius 3 is 2.73 bits per heavy atom. The molecule has 2 N–H and O–H groups in total. The topological polar surface area (TPSA) is 59.6 Å². The predicted molar refractivity (Wildman–Crippen MR) is 77.4 cm³/mol. The molecule has 1 amide bonds. The fraction of sp³-hybridized carbons (Fsp3) is 0.533. The van der Waals surface area contributed by atoms with Crippen LogP contribution < -0.4 is 20.1 Å². The van der Waals surface area contributed by atoms with Crippen molar-refractivity contribution < 1.29 is 23.0 Å². The first-order valence-corrected chi connectivity index (χ1v) is 7.10. The smallest absolute Gasteiger partial charge is 0.262 e. The Kier molecular flexibility index (Phi) is 5.18. The molecule has 1 aromatic rings. The lowest BCUT2D eigenvalue weighted by Crippen LogP contribution is -2.43. The van der Waals surface area contributed by atoms with Gasteiger partial charge in [-0.1, -0.05) is 12.1 Å². The van der Waals surface area contributed by atoms with Gasteiger partial charge in [-0.25, -0.2) is 8.78 Å². The van der Waals surface area contributed by atoms with Gasteiger partial charge < -0.3 is 14.8 Å². The van der Waals surface area contributed by atoms with Crippen molar-refractivity contribution in [2.75, 3.05) is 20.2 Å². The lowest BCUT2D eigenvalue weighted by molar-refractivity contribution is -0.123. The molecule has 1 aliphatic rings. The van der Waals surface area contributed by atoms with Crippen LogP contribution >= 0.6 is 0 Å². The van der Waals surface area contributed by atoms with Crippen molar-refractivity contribution in [1.82, 2.24) is 10.6 Å². The minimum Gasteiger partial charge on any atom is -0.493 e. The van der Waals surface area contributed by atoms with Crippen LogP contribution in [0.5, 0.6) is 11.5 Å². The SMILES string of the molecule is COc1ccccc1OC(C)CNC(=O)C1CC(F)(F)CN1. The summed E-state index contributed by atoms with van der Waals surface area (Å²) >= 11 is 0. The summed E-state index contributed by atoms with van der Waals surface area (Å²) in [5.41, 5.74) is 0. The third-order valence-corrected chi connectivity index (χ3v) is 3.39. The normalized spacial score (nSPS) is 21.2. The third kappa shape index (κ3) is 4.30. The molecule has 0 radical (unpaired) electrons. The van der Waals surface area contributed by atoms with Gasteiger partial charge in [-0.05, 0) is 19.1 Å². The first-order chi connectivity index (χ1) is 10.4. The van der Waals surface area contributed by atoms with Gasteiger partial charge in [-0.3, -0.25) is 10.1 Å². The van der Waals surface area contributed by atoms with Gasteiger partial charge in [0, 0.05) is 6.42 Å². The van der Waals surface area contributed by atoms with Gasteiger partial charge in [-0.15, -0.1) is 0 Å². The summed E-state index contributed by atoms with van der Waals surface area (Å²) in [4.78, 5) is 11.8. The van der Waals surface area contributed by atoms with Crippen molar-refractivity contribution >= 4 is 5.91 Å². The van der Waals surface area contributed by atoms with Crippen molar-refractivity contribution in [3.63, 3.8) is 0 Å². The van der Waals surface area contributed by atoms with Gasteiger partial charge in [0.2, 0.25) is 5.91 Å². The number of nitrogens with one attached hydrogen (secondary N) is 2. The highest BCUT2D eigenvalue weighted by molar-refractivity contribution is 5.82. The zero-order chi connectivity index (χ0) is 16.2. The summed E-state index contributed by atoms with van der Waals surface area (Å²) in [5.74, 6) is -2.09. The number of rotatable bonds is 6. The van der Waals surface area contributed by atoms with Crippen LogP contribution in [0.3, 0.4) is 0 Å². The predicted octanol–water partition coefficient (Wildman–Crippen LogP) is 1.58. The molecule has 1 heterocycles. The molecule has 2 unspecified atom stereocenters. The van der Waals surface area contributed by atoms with Gasteiger partial charge in [0.1, 0.15) is 6.10 Å². The Morgan fingerprint density at radius 2 is 2.14 bits per heavy atom. The number of alkyl halides is 2. The van der Waals surface area contributed by atoms with E-state index in [1.165, 1.54) is 0 Å². The molecular formula is C15H20F2N2O3. The fourth-order valence-electron chi connectivity index (χ4n) is 2.24. The molecule has 0 spiro atoms. The van der Waals surface area contributed by atoms with E-state index in [9.17, 15) is 13.6 Å². The maximum atomic E-state index is 13.0. The van der Waals surface area contributed by atoms with E-state index in [-0.39, 0.29) is 12.6 Å². The monoisotopic (exact) mass is 314 g/mol. The molecule has 1 saturated heterocycles. The molecule has 0 bridgehead atoms. The number of hydrogen-bond donors (Lipinski definition) is 2. The van der Waals surface area contributed by atoms with E-state index in [0.29, 0.717) is 11.5 Å². The van der Waals surface area contributed by atoms with E-state index in [2.05, 4.69) is 10.6 Å². The molecule has 2 atom stereocenters. The largest absolute Gasteiger partial charge is 0.493 e. The quantitative estimate of drug-likeness (QED) is 0.837. The average molecular weight is 314 g/mol. The molecular weight excluding hydrogens is 294 g/mol.